The summed E-state index contributed by atoms with van der Waals surface area (Å²) in [5, 5.41) is 2.62. The number of carbonyl (C=O) groups excluding carboxylic acids is 3. The fourth-order valence-electron chi connectivity index (χ4n) is 5.37. The van der Waals surface area contributed by atoms with E-state index in [-0.39, 0.29) is 37.3 Å². The largest absolute Gasteiger partial charge is 0.444 e. The maximum Gasteiger partial charge on any atom is 0.408 e. The number of amides is 3. The summed E-state index contributed by atoms with van der Waals surface area (Å²) in [5.74, 6) is -2.59. The second-order valence-corrected chi connectivity index (χ2v) is 14.9. The molecule has 0 aromatic heterocycles. The van der Waals surface area contributed by atoms with Crippen LogP contribution in [0.3, 0.4) is 0 Å². The zero-order chi connectivity index (χ0) is 36.9. The van der Waals surface area contributed by atoms with Crippen LogP contribution in [0.15, 0.2) is 94.7 Å². The number of ether oxygens (including phenoxy) is 1. The maximum atomic E-state index is 13.6. The molecule has 3 N–H and O–H groups in total. The third kappa shape index (κ3) is 10.7. The SMILES string of the molecule is CC(C)(C)OC(=O)N[C@H]1CSc2ccccc2N(Cc2cc(F)cc(F)c2)C1=O.Cl.N[C@H]1CSc2ccccc2N(Cc2cc(F)cc(F)c2)C1=O. The molecular weight excluding hydrogens is 740 g/mol. The molecule has 6 rings (SSSR count). The van der Waals surface area contributed by atoms with Gasteiger partial charge in [0.1, 0.15) is 34.9 Å². The molecule has 0 aliphatic carbocycles. The van der Waals surface area contributed by atoms with E-state index in [4.69, 9.17) is 10.5 Å². The van der Waals surface area contributed by atoms with Gasteiger partial charge in [0.25, 0.3) is 5.91 Å². The number of rotatable bonds is 5. The predicted octanol–water partition coefficient (Wildman–Crippen LogP) is 7.85. The summed E-state index contributed by atoms with van der Waals surface area (Å²) >= 11 is 2.93. The van der Waals surface area contributed by atoms with Crippen molar-refractivity contribution in [2.75, 3.05) is 21.3 Å². The Bertz CT molecular complexity index is 1890. The topological polar surface area (TPSA) is 105 Å². The van der Waals surface area contributed by atoms with E-state index in [0.717, 1.165) is 27.6 Å². The van der Waals surface area contributed by atoms with E-state index >= 15 is 0 Å². The lowest BCUT2D eigenvalue weighted by Crippen LogP contribution is -2.50. The Morgan fingerprint density at radius 2 is 1.17 bits per heavy atom. The second kappa shape index (κ2) is 17.5. The second-order valence-electron chi connectivity index (χ2n) is 12.8. The van der Waals surface area contributed by atoms with Gasteiger partial charge in [0.15, 0.2) is 0 Å². The van der Waals surface area contributed by atoms with Crippen molar-refractivity contribution < 1.29 is 36.7 Å². The number of benzene rings is 4. The summed E-state index contributed by atoms with van der Waals surface area (Å²) in [6.07, 6.45) is -0.695. The Morgan fingerprint density at radius 1 is 0.750 bits per heavy atom. The first-order chi connectivity index (χ1) is 24.2. The van der Waals surface area contributed by atoms with Gasteiger partial charge in [-0.25, -0.2) is 22.4 Å². The lowest BCUT2D eigenvalue weighted by molar-refractivity contribution is -0.120. The molecule has 0 unspecified atom stereocenters. The van der Waals surface area contributed by atoms with Crippen molar-refractivity contribution in [2.24, 2.45) is 5.73 Å². The Labute approximate surface area is 313 Å². The number of nitrogens with zero attached hydrogens (tertiary/aromatic N) is 2. The average Bonchev–Trinajstić information content (AvgIpc) is 3.24. The van der Waals surface area contributed by atoms with E-state index in [0.29, 0.717) is 28.3 Å². The van der Waals surface area contributed by atoms with Crippen molar-refractivity contribution in [3.63, 3.8) is 0 Å². The molecule has 3 amide bonds. The van der Waals surface area contributed by atoms with E-state index < -0.39 is 47.0 Å². The molecule has 2 atom stereocenters. The van der Waals surface area contributed by atoms with Crippen LogP contribution in [0, 0.1) is 23.3 Å². The van der Waals surface area contributed by atoms with Crippen LogP contribution in [0.25, 0.3) is 0 Å². The van der Waals surface area contributed by atoms with E-state index in [2.05, 4.69) is 5.32 Å². The van der Waals surface area contributed by atoms with Gasteiger partial charge in [-0.2, -0.15) is 0 Å². The van der Waals surface area contributed by atoms with Gasteiger partial charge in [0.05, 0.1) is 30.5 Å². The molecule has 0 radical (unpaired) electrons. The molecule has 0 bridgehead atoms. The number of halogens is 5. The van der Waals surface area contributed by atoms with Crippen LogP contribution in [0.4, 0.5) is 33.7 Å². The first-order valence-corrected chi connectivity index (χ1v) is 17.9. The quantitative estimate of drug-likeness (QED) is 0.199. The van der Waals surface area contributed by atoms with Crippen LogP contribution in [0.5, 0.6) is 0 Å². The molecule has 4 aromatic carbocycles. The summed E-state index contributed by atoms with van der Waals surface area (Å²) in [7, 11) is 0. The normalized spacial score (nSPS) is 17.0. The van der Waals surface area contributed by atoms with Gasteiger partial charge in [0.2, 0.25) is 5.91 Å². The number of para-hydroxylation sites is 2. The highest BCUT2D eigenvalue weighted by molar-refractivity contribution is 7.99. The molecule has 8 nitrogen and oxygen atoms in total. The van der Waals surface area contributed by atoms with Gasteiger partial charge >= 0.3 is 6.09 Å². The van der Waals surface area contributed by atoms with E-state index in [9.17, 15) is 31.9 Å². The third-order valence-electron chi connectivity index (χ3n) is 7.50. The molecular formula is C37H37ClF4N4O4S2. The van der Waals surface area contributed by atoms with E-state index in [1.54, 1.807) is 32.9 Å². The zero-order valence-electron chi connectivity index (χ0n) is 28.4. The fourth-order valence-corrected chi connectivity index (χ4v) is 7.45. The monoisotopic (exact) mass is 776 g/mol. The molecule has 0 saturated carbocycles. The van der Waals surface area contributed by atoms with Crippen LogP contribution in [0.1, 0.15) is 31.9 Å². The summed E-state index contributed by atoms with van der Waals surface area (Å²) in [5.41, 5.74) is 7.25. The van der Waals surface area contributed by atoms with Crippen molar-refractivity contribution in [1.29, 1.82) is 0 Å². The summed E-state index contributed by atoms with van der Waals surface area (Å²) in [6, 6.07) is 19.6. The van der Waals surface area contributed by atoms with Crippen LogP contribution < -0.4 is 20.9 Å². The molecule has 2 aliphatic rings. The predicted molar refractivity (Wildman–Crippen MR) is 198 cm³/mol. The lowest BCUT2D eigenvalue weighted by Gasteiger charge is -2.27. The van der Waals surface area contributed by atoms with Crippen LogP contribution >= 0.6 is 35.9 Å². The minimum Gasteiger partial charge on any atom is -0.444 e. The van der Waals surface area contributed by atoms with Crippen LogP contribution in [-0.2, 0) is 27.4 Å². The van der Waals surface area contributed by atoms with Crippen molar-refractivity contribution in [3.8, 4) is 0 Å². The average molecular weight is 777 g/mol. The first-order valence-electron chi connectivity index (χ1n) is 15.9. The van der Waals surface area contributed by atoms with Gasteiger partial charge in [-0.1, -0.05) is 24.3 Å². The molecule has 276 valence electrons. The van der Waals surface area contributed by atoms with E-state index in [1.807, 2.05) is 36.4 Å². The number of hydrogen-bond acceptors (Lipinski definition) is 7. The summed E-state index contributed by atoms with van der Waals surface area (Å²) in [6.45, 7) is 5.25. The van der Waals surface area contributed by atoms with Crippen molar-refractivity contribution in [1.82, 2.24) is 5.32 Å². The number of fused-ring (bicyclic) bond motifs is 2. The summed E-state index contributed by atoms with van der Waals surface area (Å²) in [4.78, 5) is 42.6. The first kappa shape index (κ1) is 40.5. The highest BCUT2D eigenvalue weighted by Crippen LogP contribution is 2.36. The molecule has 2 aliphatic heterocycles. The van der Waals surface area contributed by atoms with Gasteiger partial charge < -0.3 is 25.6 Å². The number of anilines is 2. The minimum atomic E-state index is -0.847. The number of alkyl carbamates (subject to hydrolysis) is 1. The molecule has 0 spiro atoms. The number of carbonyl (C=O) groups is 3. The van der Waals surface area contributed by atoms with Gasteiger partial charge in [0, 0.05) is 33.4 Å². The lowest BCUT2D eigenvalue weighted by atomic mass is 10.1. The van der Waals surface area contributed by atoms with Crippen LogP contribution in [-0.4, -0.2) is 47.1 Å². The highest BCUT2D eigenvalue weighted by Gasteiger charge is 2.33. The molecule has 52 heavy (non-hydrogen) atoms. The van der Waals surface area contributed by atoms with Crippen molar-refractivity contribution in [3.05, 3.63) is 119 Å². The number of nitrogens with two attached hydrogens (primary N) is 1. The number of hydrogen-bond donors (Lipinski definition) is 2. The number of thioether (sulfide) groups is 2. The highest BCUT2D eigenvalue weighted by atomic mass is 35.5. The molecule has 0 saturated heterocycles. The van der Waals surface area contributed by atoms with Crippen LogP contribution in [0.2, 0.25) is 0 Å². The van der Waals surface area contributed by atoms with Gasteiger partial charge in [-0.15, -0.1) is 35.9 Å². The van der Waals surface area contributed by atoms with Gasteiger partial charge in [-0.3, -0.25) is 9.59 Å². The molecule has 4 aromatic rings. The Kier molecular flexibility index (Phi) is 13.7. The number of nitrogens with one attached hydrogen (secondary N) is 1. The molecule has 0 fully saturated rings. The standard InChI is InChI=1S/C21H22F2N2O3S.C16H14F2N2OS.ClH/c1-21(2,3)28-20(27)24-16-12-29-18-7-5-4-6-17(18)25(19(16)26)11-13-8-14(22)10-15(23)9-13;17-11-5-10(6-12(18)7-11)8-20-14-3-1-2-4-15(14)22-9-13(19)16(20)21;/h4-10,16H,11-12H2,1-3H3,(H,24,27);1-7,13H,8-9,19H2;1H/t16-;13-;/m00./s1. The Balaban J connectivity index is 0.000000236. The van der Waals surface area contributed by atoms with Crippen molar-refractivity contribution in [2.45, 2.75) is 61.3 Å². The van der Waals surface area contributed by atoms with E-state index in [1.165, 1.54) is 57.6 Å². The minimum absolute atomic E-state index is 0. The zero-order valence-corrected chi connectivity index (χ0v) is 30.9. The fraction of sp³-hybridized carbons (Fsp3) is 0.270. The Hall–Kier alpha value is -4.24. The third-order valence-corrected chi connectivity index (χ3v) is 9.84. The Morgan fingerprint density at radius 3 is 1.63 bits per heavy atom. The van der Waals surface area contributed by atoms with Gasteiger partial charge in [-0.05, 0) is 80.4 Å². The smallest absolute Gasteiger partial charge is 0.408 e. The molecule has 15 heteroatoms. The summed E-state index contributed by atoms with van der Waals surface area (Å²) < 4.78 is 59.3. The maximum absolute atomic E-state index is 13.6. The van der Waals surface area contributed by atoms with Crippen molar-refractivity contribution >= 4 is 65.2 Å². The molecule has 2 heterocycles.